The first-order chi connectivity index (χ1) is 11.2. The minimum Gasteiger partial charge on any atom is -0.310 e. The maximum atomic E-state index is 13.0. The summed E-state index contributed by atoms with van der Waals surface area (Å²) in [4.78, 5) is 13.6. The fraction of sp³-hybridized carbons (Fsp3) is 0.375. The van der Waals surface area contributed by atoms with Gasteiger partial charge in [-0.25, -0.2) is 0 Å². The molecule has 130 valence electrons. The predicted octanol–water partition coefficient (Wildman–Crippen LogP) is 2.82. The number of aromatic nitrogens is 2. The van der Waals surface area contributed by atoms with E-state index in [-0.39, 0.29) is 24.6 Å². The molecule has 0 aliphatic heterocycles. The molecule has 5 nitrogen and oxygen atoms in total. The molecule has 0 saturated heterocycles. The highest BCUT2D eigenvalue weighted by molar-refractivity contribution is 5.91. The summed E-state index contributed by atoms with van der Waals surface area (Å²) in [6, 6.07) is 7.08. The summed E-state index contributed by atoms with van der Waals surface area (Å²) in [5.74, 6) is 0.228. The summed E-state index contributed by atoms with van der Waals surface area (Å²) in [6.45, 7) is 1.79. The molecule has 0 radical (unpaired) electrons. The number of rotatable bonds is 5. The quantitative estimate of drug-likeness (QED) is 0.911. The van der Waals surface area contributed by atoms with Crippen LogP contribution in [0.2, 0.25) is 0 Å². The van der Waals surface area contributed by atoms with Crippen LogP contribution in [0.15, 0.2) is 30.3 Å². The number of anilines is 1. The molecule has 0 aliphatic carbocycles. The third-order valence-electron chi connectivity index (χ3n) is 3.45. The number of nitrogens with zero attached hydrogens (tertiary/aromatic N) is 3. The molecule has 8 heteroatoms. The number of amides is 1. The lowest BCUT2D eigenvalue weighted by Gasteiger charge is -2.19. The van der Waals surface area contributed by atoms with Crippen LogP contribution in [0.3, 0.4) is 0 Å². The lowest BCUT2D eigenvalue weighted by Crippen LogP contribution is -2.31. The van der Waals surface area contributed by atoms with Gasteiger partial charge in [0, 0.05) is 19.7 Å². The average Bonchev–Trinajstić information content (AvgIpc) is 2.75. The van der Waals surface area contributed by atoms with Crippen LogP contribution in [-0.2, 0) is 24.6 Å². The number of likely N-dealkylation sites (N-methyl/N-ethyl adjacent to an activating group) is 1. The lowest BCUT2D eigenvalue weighted by molar-refractivity contribution is -0.138. The fourth-order valence-corrected chi connectivity index (χ4v) is 2.44. The van der Waals surface area contributed by atoms with Crippen LogP contribution in [0.5, 0.6) is 0 Å². The van der Waals surface area contributed by atoms with E-state index in [9.17, 15) is 18.0 Å². The molecule has 0 bridgehead atoms. The molecule has 1 aromatic heterocycles. The van der Waals surface area contributed by atoms with Gasteiger partial charge in [0.2, 0.25) is 5.91 Å². The van der Waals surface area contributed by atoms with Gasteiger partial charge in [0.05, 0.1) is 17.8 Å². The highest BCUT2D eigenvalue weighted by atomic mass is 19.4. The molecule has 0 fully saturated rings. The van der Waals surface area contributed by atoms with Crippen molar-refractivity contribution in [1.82, 2.24) is 14.7 Å². The van der Waals surface area contributed by atoms with Gasteiger partial charge >= 0.3 is 6.18 Å². The normalized spacial score (nSPS) is 11.8. The van der Waals surface area contributed by atoms with E-state index in [0.717, 1.165) is 11.8 Å². The molecule has 1 N–H and O–H groups in total. The molecule has 2 rings (SSSR count). The van der Waals surface area contributed by atoms with E-state index in [4.69, 9.17) is 0 Å². The highest BCUT2D eigenvalue weighted by Crippen LogP contribution is 2.32. The van der Waals surface area contributed by atoms with Crippen LogP contribution in [0.25, 0.3) is 0 Å². The summed E-state index contributed by atoms with van der Waals surface area (Å²) in [7, 11) is 3.30. The Morgan fingerprint density at radius 1 is 1.33 bits per heavy atom. The van der Waals surface area contributed by atoms with Crippen molar-refractivity contribution >= 4 is 11.7 Å². The van der Waals surface area contributed by atoms with Crippen LogP contribution < -0.4 is 5.32 Å². The highest BCUT2D eigenvalue weighted by Gasteiger charge is 2.33. The Morgan fingerprint density at radius 2 is 2.00 bits per heavy atom. The zero-order valence-corrected chi connectivity index (χ0v) is 13.7. The van der Waals surface area contributed by atoms with E-state index in [0.29, 0.717) is 5.82 Å². The van der Waals surface area contributed by atoms with E-state index < -0.39 is 11.7 Å². The van der Waals surface area contributed by atoms with Gasteiger partial charge in [-0.3, -0.25) is 14.4 Å². The summed E-state index contributed by atoms with van der Waals surface area (Å²) in [6.07, 6.45) is -4.41. The van der Waals surface area contributed by atoms with Crippen LogP contribution in [0, 0.1) is 6.92 Å². The van der Waals surface area contributed by atoms with Gasteiger partial charge in [-0.15, -0.1) is 0 Å². The van der Waals surface area contributed by atoms with E-state index in [1.54, 1.807) is 33.2 Å². The number of hydrogen-bond donors (Lipinski definition) is 1. The molecule has 0 saturated carbocycles. The largest absolute Gasteiger partial charge is 0.416 e. The molecular weight excluding hydrogens is 321 g/mol. The minimum atomic E-state index is -4.41. The Hall–Kier alpha value is -2.35. The van der Waals surface area contributed by atoms with Crippen LogP contribution in [-0.4, -0.2) is 34.2 Å². The SMILES string of the molecule is Cc1cc(NC(=O)CN(C)Cc2ccccc2C(F)(F)F)n(C)n1. The first kappa shape index (κ1) is 18.0. The van der Waals surface area contributed by atoms with Crippen molar-refractivity contribution < 1.29 is 18.0 Å². The zero-order chi connectivity index (χ0) is 17.9. The Morgan fingerprint density at radius 3 is 2.58 bits per heavy atom. The summed E-state index contributed by atoms with van der Waals surface area (Å²) < 4.78 is 40.5. The van der Waals surface area contributed by atoms with Crippen molar-refractivity contribution in [3.8, 4) is 0 Å². The molecule has 0 atom stereocenters. The second-order valence-electron chi connectivity index (χ2n) is 5.67. The first-order valence-electron chi connectivity index (χ1n) is 7.31. The van der Waals surface area contributed by atoms with Gasteiger partial charge in [0.1, 0.15) is 5.82 Å². The van der Waals surface area contributed by atoms with Gasteiger partial charge in [-0.2, -0.15) is 18.3 Å². The van der Waals surface area contributed by atoms with Crippen molar-refractivity contribution in [3.05, 3.63) is 47.2 Å². The van der Waals surface area contributed by atoms with Crippen molar-refractivity contribution in [2.75, 3.05) is 18.9 Å². The molecule has 1 amide bonds. The van der Waals surface area contributed by atoms with E-state index in [2.05, 4.69) is 10.4 Å². The number of hydrogen-bond acceptors (Lipinski definition) is 3. The number of alkyl halides is 3. The monoisotopic (exact) mass is 340 g/mol. The Balaban J connectivity index is 2.00. The Kier molecular flexibility index (Phi) is 5.28. The Labute approximate surface area is 138 Å². The third kappa shape index (κ3) is 4.58. The third-order valence-corrected chi connectivity index (χ3v) is 3.45. The smallest absolute Gasteiger partial charge is 0.310 e. The van der Waals surface area contributed by atoms with Gasteiger partial charge < -0.3 is 5.32 Å². The number of carbonyl (C=O) groups is 1. The van der Waals surface area contributed by atoms with E-state index >= 15 is 0 Å². The minimum absolute atomic E-state index is 0.0213. The number of aryl methyl sites for hydroxylation is 2. The van der Waals surface area contributed by atoms with Gasteiger partial charge in [-0.1, -0.05) is 18.2 Å². The predicted molar refractivity (Wildman–Crippen MR) is 84.4 cm³/mol. The van der Waals surface area contributed by atoms with E-state index in [1.807, 2.05) is 0 Å². The molecule has 1 aromatic carbocycles. The molecular formula is C16H19F3N4O. The van der Waals surface area contributed by atoms with Crippen LogP contribution >= 0.6 is 0 Å². The van der Waals surface area contributed by atoms with Gasteiger partial charge in [0.15, 0.2) is 0 Å². The van der Waals surface area contributed by atoms with Crippen LogP contribution in [0.4, 0.5) is 19.0 Å². The lowest BCUT2D eigenvalue weighted by atomic mass is 10.1. The molecule has 24 heavy (non-hydrogen) atoms. The number of nitrogens with one attached hydrogen (secondary N) is 1. The molecule has 1 heterocycles. The molecule has 2 aromatic rings. The number of halogens is 3. The maximum absolute atomic E-state index is 13.0. The Bertz CT molecular complexity index is 724. The second kappa shape index (κ2) is 7.04. The molecule has 0 unspecified atom stereocenters. The standard InChI is InChI=1S/C16H19F3N4O/c1-11-8-14(23(3)21-11)20-15(24)10-22(2)9-12-6-4-5-7-13(12)16(17,18)19/h4-8H,9-10H2,1-3H3,(H,20,24). The van der Waals surface area contributed by atoms with Gasteiger partial charge in [-0.05, 0) is 25.6 Å². The maximum Gasteiger partial charge on any atom is 0.416 e. The number of carbonyl (C=O) groups excluding carboxylic acids is 1. The molecule has 0 aliphatic rings. The van der Waals surface area contributed by atoms with Crippen molar-refractivity contribution in [2.45, 2.75) is 19.6 Å². The van der Waals surface area contributed by atoms with Crippen molar-refractivity contribution in [3.63, 3.8) is 0 Å². The number of benzene rings is 1. The van der Waals surface area contributed by atoms with Crippen molar-refractivity contribution in [1.29, 1.82) is 0 Å². The van der Waals surface area contributed by atoms with Gasteiger partial charge in [0.25, 0.3) is 0 Å². The molecule has 0 spiro atoms. The average molecular weight is 340 g/mol. The zero-order valence-electron chi connectivity index (χ0n) is 13.7. The summed E-state index contributed by atoms with van der Waals surface area (Å²) in [5.41, 5.74) is 0.219. The van der Waals surface area contributed by atoms with Crippen LogP contribution in [0.1, 0.15) is 16.8 Å². The second-order valence-corrected chi connectivity index (χ2v) is 5.67. The fourth-order valence-electron chi connectivity index (χ4n) is 2.44. The first-order valence-corrected chi connectivity index (χ1v) is 7.31. The topological polar surface area (TPSA) is 50.2 Å². The van der Waals surface area contributed by atoms with E-state index in [1.165, 1.54) is 21.7 Å². The summed E-state index contributed by atoms with van der Waals surface area (Å²) >= 11 is 0. The summed E-state index contributed by atoms with van der Waals surface area (Å²) in [5, 5.41) is 6.80. The van der Waals surface area contributed by atoms with Crippen molar-refractivity contribution in [2.24, 2.45) is 7.05 Å².